The minimum atomic E-state index is -1.16. The van der Waals surface area contributed by atoms with Crippen LogP contribution in [0.2, 0.25) is 0 Å². The zero-order chi connectivity index (χ0) is 24.3. The maximum Gasteiger partial charge on any atom is 0.408 e. The van der Waals surface area contributed by atoms with Gasteiger partial charge in [0.05, 0.1) is 5.92 Å². The lowest BCUT2D eigenvalue weighted by Gasteiger charge is -2.38. The molecule has 1 aliphatic carbocycles. The van der Waals surface area contributed by atoms with Gasteiger partial charge in [-0.2, -0.15) is 0 Å². The van der Waals surface area contributed by atoms with Crippen molar-refractivity contribution in [3.8, 4) is 11.1 Å². The second kappa shape index (κ2) is 9.87. The van der Waals surface area contributed by atoms with E-state index >= 15 is 0 Å². The lowest BCUT2D eigenvalue weighted by molar-refractivity contribution is -0.147. The van der Waals surface area contributed by atoms with Gasteiger partial charge in [0.25, 0.3) is 0 Å². The van der Waals surface area contributed by atoms with Crippen LogP contribution in [0.25, 0.3) is 11.1 Å². The molecule has 7 nitrogen and oxygen atoms in total. The topological polar surface area (TPSA) is 95.9 Å². The largest absolute Gasteiger partial charge is 0.481 e. The van der Waals surface area contributed by atoms with Crippen molar-refractivity contribution in [3.05, 3.63) is 59.7 Å². The van der Waals surface area contributed by atoms with Crippen LogP contribution in [0.15, 0.2) is 48.5 Å². The number of nitrogens with zero attached hydrogens (tertiary/aromatic N) is 1. The van der Waals surface area contributed by atoms with E-state index in [4.69, 9.17) is 4.74 Å². The third kappa shape index (κ3) is 4.65. The fraction of sp³-hybridized carbons (Fsp3) is 0.444. The number of nitrogens with one attached hydrogen (secondary N) is 1. The first-order valence-electron chi connectivity index (χ1n) is 12.0. The molecule has 7 heteroatoms. The van der Waals surface area contributed by atoms with E-state index in [9.17, 15) is 19.5 Å². The molecule has 180 valence electrons. The Morgan fingerprint density at radius 2 is 1.71 bits per heavy atom. The number of rotatable bonds is 7. The molecule has 0 aromatic heterocycles. The first kappa shape index (κ1) is 23.8. The number of benzene rings is 2. The summed E-state index contributed by atoms with van der Waals surface area (Å²) in [6, 6.07) is 16.2. The molecule has 0 saturated carbocycles. The highest BCUT2D eigenvalue weighted by Gasteiger charge is 2.40. The Morgan fingerprint density at radius 3 is 2.29 bits per heavy atom. The van der Waals surface area contributed by atoms with Crippen molar-refractivity contribution in [1.82, 2.24) is 10.2 Å². The van der Waals surface area contributed by atoms with Crippen molar-refractivity contribution < 1.29 is 24.2 Å². The molecule has 2 aromatic rings. The average molecular weight is 465 g/mol. The first-order chi connectivity index (χ1) is 16.3. The smallest absolute Gasteiger partial charge is 0.408 e. The molecule has 1 heterocycles. The number of fused-ring (bicyclic) bond motifs is 3. The number of piperidine rings is 1. The second-order valence-corrected chi connectivity index (χ2v) is 9.46. The zero-order valence-corrected chi connectivity index (χ0v) is 19.8. The van der Waals surface area contributed by atoms with Gasteiger partial charge in [-0.3, -0.25) is 9.59 Å². The molecule has 2 amide bonds. The molecule has 0 spiro atoms. The van der Waals surface area contributed by atoms with Gasteiger partial charge in [0.15, 0.2) is 0 Å². The second-order valence-electron chi connectivity index (χ2n) is 9.46. The number of likely N-dealkylation sites (tertiary alicyclic amines) is 1. The van der Waals surface area contributed by atoms with Crippen molar-refractivity contribution in [2.24, 2.45) is 5.92 Å². The number of carbonyl (C=O) groups excluding carboxylic acids is 2. The minimum absolute atomic E-state index is 0.0651. The highest BCUT2D eigenvalue weighted by molar-refractivity contribution is 5.90. The van der Waals surface area contributed by atoms with Crippen molar-refractivity contribution in [3.63, 3.8) is 0 Å². The molecule has 2 aliphatic rings. The number of carboxylic acids is 1. The van der Waals surface area contributed by atoms with E-state index in [0.717, 1.165) is 22.3 Å². The van der Waals surface area contributed by atoms with Crippen molar-refractivity contribution in [1.29, 1.82) is 0 Å². The van der Waals surface area contributed by atoms with E-state index in [1.807, 2.05) is 31.2 Å². The molecule has 2 N–H and O–H groups in total. The summed E-state index contributed by atoms with van der Waals surface area (Å²) >= 11 is 0. The molecule has 1 aliphatic heterocycles. The molecule has 1 saturated heterocycles. The zero-order valence-electron chi connectivity index (χ0n) is 19.8. The van der Waals surface area contributed by atoms with Gasteiger partial charge in [0, 0.05) is 19.0 Å². The molecule has 0 radical (unpaired) electrons. The maximum absolute atomic E-state index is 13.4. The molecule has 4 rings (SSSR count). The summed E-state index contributed by atoms with van der Waals surface area (Å²) in [7, 11) is 0. The van der Waals surface area contributed by atoms with E-state index in [0.29, 0.717) is 32.2 Å². The van der Waals surface area contributed by atoms with E-state index in [1.165, 1.54) is 0 Å². The summed E-state index contributed by atoms with van der Waals surface area (Å²) in [5.41, 5.74) is 3.39. The Bertz CT molecular complexity index is 1040. The normalized spacial score (nSPS) is 19.0. The summed E-state index contributed by atoms with van der Waals surface area (Å²) in [6.07, 6.45) is 1.67. The summed E-state index contributed by atoms with van der Waals surface area (Å²) in [5.74, 6) is -1.78. The number of amides is 2. The fourth-order valence-corrected chi connectivity index (χ4v) is 5.29. The van der Waals surface area contributed by atoms with Crippen LogP contribution in [0.4, 0.5) is 4.79 Å². The van der Waals surface area contributed by atoms with E-state index in [2.05, 4.69) is 29.6 Å². The van der Waals surface area contributed by atoms with Gasteiger partial charge in [-0.1, -0.05) is 61.9 Å². The van der Waals surface area contributed by atoms with Crippen LogP contribution in [0.1, 0.15) is 56.6 Å². The molecule has 2 atom stereocenters. The predicted molar refractivity (Wildman–Crippen MR) is 128 cm³/mol. The lowest BCUT2D eigenvalue weighted by Crippen LogP contribution is -2.59. The Hall–Kier alpha value is -3.35. The average Bonchev–Trinajstić information content (AvgIpc) is 3.16. The highest BCUT2D eigenvalue weighted by Crippen LogP contribution is 2.44. The Morgan fingerprint density at radius 1 is 1.09 bits per heavy atom. The van der Waals surface area contributed by atoms with Crippen molar-refractivity contribution in [2.75, 3.05) is 19.7 Å². The Kier molecular flexibility index (Phi) is 6.91. The first-order valence-corrected chi connectivity index (χ1v) is 12.0. The molecular weight excluding hydrogens is 432 g/mol. The number of carboxylic acid groups (broad SMARTS) is 1. The van der Waals surface area contributed by atoms with Gasteiger partial charge in [-0.05, 0) is 48.4 Å². The monoisotopic (exact) mass is 464 g/mol. The molecular formula is C27H32N2O5. The number of hydrogen-bond donors (Lipinski definition) is 2. The summed E-state index contributed by atoms with van der Waals surface area (Å²) < 4.78 is 5.66. The van der Waals surface area contributed by atoms with Gasteiger partial charge in [-0.25, -0.2) is 4.79 Å². The SMILES string of the molecule is CCCC(C)(NC(=O)OCC1c2ccccc2-c2ccccc21)C(=O)N1CCCC(C(=O)O)C1. The Labute approximate surface area is 200 Å². The number of ether oxygens (including phenoxy) is 1. The number of hydrogen-bond acceptors (Lipinski definition) is 4. The quantitative estimate of drug-likeness (QED) is 0.633. The summed E-state index contributed by atoms with van der Waals surface area (Å²) in [4.78, 5) is 39.2. The van der Waals surface area contributed by atoms with Gasteiger partial charge in [0.2, 0.25) is 5.91 Å². The summed E-state index contributed by atoms with van der Waals surface area (Å²) in [6.45, 7) is 4.47. The maximum atomic E-state index is 13.4. The van der Waals surface area contributed by atoms with Gasteiger partial charge >= 0.3 is 12.1 Å². The van der Waals surface area contributed by atoms with Crippen LogP contribution in [0, 0.1) is 5.92 Å². The van der Waals surface area contributed by atoms with E-state index < -0.39 is 23.5 Å². The van der Waals surface area contributed by atoms with E-state index in [-0.39, 0.29) is 25.0 Å². The van der Waals surface area contributed by atoms with Crippen LogP contribution in [0.5, 0.6) is 0 Å². The Balaban J connectivity index is 1.44. The molecule has 0 bridgehead atoms. The number of aliphatic carboxylic acids is 1. The third-order valence-electron chi connectivity index (χ3n) is 7.00. The van der Waals surface area contributed by atoms with Gasteiger partial charge in [0.1, 0.15) is 12.1 Å². The van der Waals surface area contributed by atoms with Crippen LogP contribution in [-0.2, 0) is 14.3 Å². The third-order valence-corrected chi connectivity index (χ3v) is 7.00. The number of carbonyl (C=O) groups is 3. The molecule has 2 unspecified atom stereocenters. The lowest BCUT2D eigenvalue weighted by atomic mass is 9.91. The standard InChI is InChI=1S/C27H32N2O5/c1-3-14-27(2,25(32)29-15-8-9-18(16-29)24(30)31)28-26(33)34-17-23-21-12-6-4-10-19(21)20-11-5-7-13-22(20)23/h4-7,10-13,18,23H,3,8-9,14-17H2,1-2H3,(H,28,33)(H,30,31). The van der Waals surface area contributed by atoms with Crippen molar-refractivity contribution in [2.45, 2.75) is 51.0 Å². The van der Waals surface area contributed by atoms with E-state index in [1.54, 1.807) is 11.8 Å². The fourth-order valence-electron chi connectivity index (χ4n) is 5.29. The number of alkyl carbamates (subject to hydrolysis) is 1. The van der Waals surface area contributed by atoms with Gasteiger partial charge in [-0.15, -0.1) is 0 Å². The highest BCUT2D eigenvalue weighted by atomic mass is 16.5. The minimum Gasteiger partial charge on any atom is -0.481 e. The van der Waals surface area contributed by atoms with Crippen LogP contribution >= 0.6 is 0 Å². The molecule has 2 aromatic carbocycles. The summed E-state index contributed by atoms with van der Waals surface area (Å²) in [5, 5.41) is 12.2. The van der Waals surface area contributed by atoms with Crippen LogP contribution in [0.3, 0.4) is 0 Å². The molecule has 34 heavy (non-hydrogen) atoms. The molecule has 1 fully saturated rings. The van der Waals surface area contributed by atoms with Gasteiger partial charge < -0.3 is 20.1 Å². The predicted octanol–water partition coefficient (Wildman–Crippen LogP) is 4.41. The van der Waals surface area contributed by atoms with Crippen LogP contribution < -0.4 is 5.32 Å². The van der Waals surface area contributed by atoms with Crippen molar-refractivity contribution >= 4 is 18.0 Å². The van der Waals surface area contributed by atoms with Crippen LogP contribution in [-0.4, -0.2) is 53.2 Å².